The molecule has 0 heterocycles. The van der Waals surface area contributed by atoms with Crippen molar-refractivity contribution < 1.29 is 46.9 Å². The molecule has 0 aliphatic carbocycles. The third-order valence-electron chi connectivity index (χ3n) is 3.86. The van der Waals surface area contributed by atoms with Crippen LogP contribution < -0.4 is 9.47 Å². The molecular weight excluding hydrogens is 453 g/mol. The number of rotatable bonds is 10. The van der Waals surface area contributed by atoms with E-state index in [0.29, 0.717) is 5.75 Å². The maximum absolute atomic E-state index is 12.6. The van der Waals surface area contributed by atoms with Crippen LogP contribution in [0.4, 0.5) is 13.2 Å². The molecule has 1 unspecified atom stereocenters. The number of alkyl halides is 3. The molecule has 0 aromatic heterocycles. The summed E-state index contributed by atoms with van der Waals surface area (Å²) in [5.41, 5.74) is 0.190. The molecule has 1 atom stereocenters. The number of halogens is 3. The molecule has 7 nitrogen and oxygen atoms in total. The lowest BCUT2D eigenvalue weighted by atomic mass is 10.2. The van der Waals surface area contributed by atoms with Gasteiger partial charge in [0.25, 0.3) is 0 Å². The molecule has 1 N–H and O–H groups in total. The maximum Gasteiger partial charge on any atom is 0.416 e. The van der Waals surface area contributed by atoms with Gasteiger partial charge in [-0.3, -0.25) is 0 Å². The van der Waals surface area contributed by atoms with E-state index < -0.39 is 30.4 Å². The van der Waals surface area contributed by atoms with Gasteiger partial charge in [0, 0.05) is 10.6 Å². The first kappa shape index (κ1) is 27.0. The number of hydrogen-bond donors (Lipinski definition) is 1. The van der Waals surface area contributed by atoms with E-state index in [-0.39, 0.29) is 18.5 Å². The number of methoxy groups -OCH3 is 1. The number of aryl methyl sites for hydroxylation is 1. The highest BCUT2D eigenvalue weighted by atomic mass is 32.2. The number of carboxylic acid groups (broad SMARTS) is 1. The van der Waals surface area contributed by atoms with E-state index in [1.54, 1.807) is 7.11 Å². The van der Waals surface area contributed by atoms with Crippen molar-refractivity contribution in [1.29, 1.82) is 0 Å². The lowest BCUT2D eigenvalue weighted by Crippen LogP contribution is -2.27. The minimum Gasteiger partial charge on any atom is -0.496 e. The highest BCUT2D eigenvalue weighted by Gasteiger charge is 2.30. The van der Waals surface area contributed by atoms with Gasteiger partial charge in [0.1, 0.15) is 30.8 Å². The number of carbonyl (C=O) groups excluding carboxylic acids is 2. The van der Waals surface area contributed by atoms with Gasteiger partial charge < -0.3 is 19.3 Å². The topological polar surface area (TPSA) is 99.1 Å². The molecule has 0 fully saturated rings. The van der Waals surface area contributed by atoms with Crippen LogP contribution in [0.5, 0.6) is 11.5 Å². The Bertz CT molecular complexity index is 895. The zero-order chi connectivity index (χ0) is 24.1. The number of ether oxygens (including phenoxy) is 3. The Kier molecular flexibility index (Phi) is 11.3. The summed E-state index contributed by atoms with van der Waals surface area (Å²) in [5, 5.41) is 8.84. The number of hydrogen-bond acceptors (Lipinski definition) is 7. The van der Waals surface area contributed by atoms with E-state index in [1.165, 1.54) is 23.9 Å². The van der Waals surface area contributed by atoms with Crippen LogP contribution >= 0.6 is 11.8 Å². The SMILES string of the molecule is COc1ccc(SCC(COc2ccc(C(F)(F)F)cc2)OCC(=O)O)cc1C.O=C=O. The number of benzene rings is 2. The molecule has 0 bridgehead atoms. The minimum atomic E-state index is -4.42. The van der Waals surface area contributed by atoms with Gasteiger partial charge in [0.05, 0.1) is 12.7 Å². The fraction of sp³-hybridized carbons (Fsp3) is 0.333. The Morgan fingerprint density at radius 2 is 1.78 bits per heavy atom. The van der Waals surface area contributed by atoms with Crippen LogP contribution in [0.15, 0.2) is 47.4 Å². The van der Waals surface area contributed by atoms with Crippen LogP contribution in [-0.4, -0.2) is 49.4 Å². The Morgan fingerprint density at radius 1 is 1.16 bits per heavy atom. The van der Waals surface area contributed by atoms with Crippen molar-refractivity contribution in [3.8, 4) is 11.5 Å². The Balaban J connectivity index is 0.00000161. The molecule has 2 aromatic carbocycles. The number of thioether (sulfide) groups is 1. The highest BCUT2D eigenvalue weighted by molar-refractivity contribution is 7.99. The Hall–Kier alpha value is -3.01. The van der Waals surface area contributed by atoms with Gasteiger partial charge in [-0.1, -0.05) is 0 Å². The zero-order valence-corrected chi connectivity index (χ0v) is 18.0. The van der Waals surface area contributed by atoms with E-state index in [4.69, 9.17) is 28.9 Å². The average Bonchev–Trinajstić information content (AvgIpc) is 2.73. The smallest absolute Gasteiger partial charge is 0.416 e. The number of aliphatic carboxylic acids is 1. The second-order valence-corrected chi connectivity index (χ2v) is 7.28. The summed E-state index contributed by atoms with van der Waals surface area (Å²) in [6.45, 7) is 1.42. The van der Waals surface area contributed by atoms with E-state index in [2.05, 4.69) is 0 Å². The summed E-state index contributed by atoms with van der Waals surface area (Å²) in [7, 11) is 1.59. The van der Waals surface area contributed by atoms with E-state index in [9.17, 15) is 18.0 Å². The second kappa shape index (κ2) is 13.4. The zero-order valence-electron chi connectivity index (χ0n) is 17.2. The van der Waals surface area contributed by atoms with E-state index in [1.807, 2.05) is 25.1 Å². The van der Waals surface area contributed by atoms with Crippen molar-refractivity contribution >= 4 is 23.9 Å². The quantitative estimate of drug-likeness (QED) is 0.515. The number of carbonyl (C=O) groups is 1. The normalized spacial score (nSPS) is 11.5. The monoisotopic (exact) mass is 474 g/mol. The second-order valence-electron chi connectivity index (χ2n) is 6.19. The summed E-state index contributed by atoms with van der Waals surface area (Å²) < 4.78 is 53.9. The summed E-state index contributed by atoms with van der Waals surface area (Å²) in [4.78, 5) is 28.0. The molecule has 0 saturated carbocycles. The van der Waals surface area contributed by atoms with Crippen LogP contribution in [0.1, 0.15) is 11.1 Å². The van der Waals surface area contributed by atoms with Gasteiger partial charge in [-0.25, -0.2) is 4.79 Å². The van der Waals surface area contributed by atoms with Crippen LogP contribution in [-0.2, 0) is 25.3 Å². The number of carboxylic acids is 1. The fourth-order valence-electron chi connectivity index (χ4n) is 2.39. The molecule has 11 heteroatoms. The summed E-state index contributed by atoms with van der Waals surface area (Å²) in [5.74, 6) is 0.292. The Morgan fingerprint density at radius 3 is 2.28 bits per heavy atom. The van der Waals surface area contributed by atoms with Gasteiger partial charge in [-0.2, -0.15) is 22.8 Å². The largest absolute Gasteiger partial charge is 0.496 e. The first-order valence-electron chi connectivity index (χ1n) is 9.00. The predicted molar refractivity (Wildman–Crippen MR) is 108 cm³/mol. The lowest BCUT2D eigenvalue weighted by molar-refractivity contribution is -0.191. The third kappa shape index (κ3) is 9.86. The predicted octanol–water partition coefficient (Wildman–Crippen LogP) is 4.08. The van der Waals surface area contributed by atoms with Gasteiger partial charge >= 0.3 is 18.3 Å². The molecule has 0 amide bonds. The molecule has 0 spiro atoms. The summed E-state index contributed by atoms with van der Waals surface area (Å²) in [6, 6.07) is 9.95. The van der Waals surface area contributed by atoms with Crippen molar-refractivity contribution in [2.75, 3.05) is 26.1 Å². The first-order chi connectivity index (χ1) is 15.1. The van der Waals surface area contributed by atoms with Crippen LogP contribution in [0, 0.1) is 6.92 Å². The van der Waals surface area contributed by atoms with Gasteiger partial charge in [0.2, 0.25) is 0 Å². The molecule has 0 aliphatic heterocycles. The summed E-state index contributed by atoms with van der Waals surface area (Å²) in [6.07, 6.45) is -4.74. The Labute approximate surface area is 186 Å². The van der Waals surface area contributed by atoms with Crippen LogP contribution in [0.2, 0.25) is 0 Å². The van der Waals surface area contributed by atoms with Crippen LogP contribution in [0.3, 0.4) is 0 Å². The average molecular weight is 474 g/mol. The maximum atomic E-state index is 12.6. The van der Waals surface area contributed by atoms with Gasteiger partial charge in [0.15, 0.2) is 0 Å². The molecule has 2 aromatic rings. The van der Waals surface area contributed by atoms with Gasteiger partial charge in [-0.15, -0.1) is 11.8 Å². The fourth-order valence-corrected chi connectivity index (χ4v) is 3.39. The molecular formula is C21H21F3O7S. The van der Waals surface area contributed by atoms with Crippen LogP contribution in [0.25, 0.3) is 0 Å². The lowest BCUT2D eigenvalue weighted by Gasteiger charge is -2.18. The highest BCUT2D eigenvalue weighted by Crippen LogP contribution is 2.30. The van der Waals surface area contributed by atoms with Crippen molar-refractivity contribution in [1.82, 2.24) is 0 Å². The molecule has 2 rings (SSSR count). The van der Waals surface area contributed by atoms with Crippen molar-refractivity contribution in [3.63, 3.8) is 0 Å². The standard InChI is InChI=1S/C20H21F3O5S.CO2/c1-13-9-17(7-8-18(13)26-2)29-12-16(28-11-19(24)25)10-27-15-5-3-14(4-6-15)20(21,22)23;2-1-3/h3-9,16H,10-12H2,1-2H3,(H,24,25);. The first-order valence-corrected chi connectivity index (χ1v) is 9.99. The van der Waals surface area contributed by atoms with Gasteiger partial charge in [-0.05, 0) is 55.0 Å². The molecule has 174 valence electrons. The minimum absolute atomic E-state index is 0.000775. The molecule has 32 heavy (non-hydrogen) atoms. The van der Waals surface area contributed by atoms with Crippen molar-refractivity contribution in [3.05, 3.63) is 53.6 Å². The molecule has 0 aliphatic rings. The van der Waals surface area contributed by atoms with E-state index in [0.717, 1.165) is 28.3 Å². The van der Waals surface area contributed by atoms with Crippen molar-refractivity contribution in [2.24, 2.45) is 0 Å². The van der Waals surface area contributed by atoms with Crippen molar-refractivity contribution in [2.45, 2.75) is 24.1 Å². The van der Waals surface area contributed by atoms with E-state index >= 15 is 0 Å². The molecule has 0 saturated heterocycles. The third-order valence-corrected chi connectivity index (χ3v) is 4.99. The summed E-state index contributed by atoms with van der Waals surface area (Å²) >= 11 is 1.45. The molecule has 0 radical (unpaired) electrons.